The van der Waals surface area contributed by atoms with Crippen LogP contribution in [-0.4, -0.2) is 29.3 Å². The number of imide groups is 1. The fourth-order valence-corrected chi connectivity index (χ4v) is 3.20. The van der Waals surface area contributed by atoms with Crippen molar-refractivity contribution in [2.24, 2.45) is 0 Å². The summed E-state index contributed by atoms with van der Waals surface area (Å²) in [7, 11) is 0. The van der Waals surface area contributed by atoms with E-state index < -0.39 is 23.4 Å². The van der Waals surface area contributed by atoms with Gasteiger partial charge in [0, 0.05) is 5.69 Å². The number of carbonyl (C=O) groups is 3. The zero-order chi connectivity index (χ0) is 19.4. The maximum absolute atomic E-state index is 12.9. The van der Waals surface area contributed by atoms with Crippen LogP contribution in [0.15, 0.2) is 54.6 Å². The fraction of sp³-hybridized carbons (Fsp3) is 0.286. The smallest absolute Gasteiger partial charge is 0.325 e. The lowest BCUT2D eigenvalue weighted by molar-refractivity contribution is -0.133. The van der Waals surface area contributed by atoms with Gasteiger partial charge in [0.1, 0.15) is 12.1 Å². The first-order valence-electron chi connectivity index (χ1n) is 9.02. The number of rotatable bonds is 6. The van der Waals surface area contributed by atoms with Gasteiger partial charge in [-0.3, -0.25) is 14.5 Å². The average Bonchev–Trinajstić information content (AvgIpc) is 2.87. The molecule has 6 heteroatoms. The number of amides is 4. The Kier molecular flexibility index (Phi) is 5.26. The van der Waals surface area contributed by atoms with Crippen LogP contribution in [0.25, 0.3) is 0 Å². The lowest BCUT2D eigenvalue weighted by Crippen LogP contribution is -2.42. The predicted octanol–water partition coefficient (Wildman–Crippen LogP) is 3.04. The molecule has 1 saturated heterocycles. The molecule has 2 aromatic rings. The summed E-state index contributed by atoms with van der Waals surface area (Å²) in [6, 6.07) is 16.0. The number of carbonyl (C=O) groups excluding carboxylic acids is 3. The minimum absolute atomic E-state index is 0.330. The highest BCUT2D eigenvalue weighted by atomic mass is 16.2. The predicted molar refractivity (Wildman–Crippen MR) is 103 cm³/mol. The van der Waals surface area contributed by atoms with Gasteiger partial charge in [0.15, 0.2) is 0 Å². The highest BCUT2D eigenvalue weighted by molar-refractivity contribution is 6.10. The van der Waals surface area contributed by atoms with E-state index >= 15 is 0 Å². The Morgan fingerprint density at radius 1 is 1.07 bits per heavy atom. The average molecular weight is 365 g/mol. The van der Waals surface area contributed by atoms with Crippen molar-refractivity contribution >= 4 is 23.5 Å². The molecule has 0 unspecified atom stereocenters. The van der Waals surface area contributed by atoms with Gasteiger partial charge < -0.3 is 10.6 Å². The Bertz CT molecular complexity index is 849. The van der Waals surface area contributed by atoms with Crippen LogP contribution in [0.2, 0.25) is 0 Å². The first-order chi connectivity index (χ1) is 12.9. The number of hydrogen-bond acceptors (Lipinski definition) is 3. The van der Waals surface area contributed by atoms with E-state index in [0.717, 1.165) is 17.7 Å². The second-order valence-electron chi connectivity index (χ2n) is 6.81. The SMILES string of the molecule is CCCc1ccc([C@]2(C)NC(=O)N(CC(=O)Nc3ccccc3)C2=O)cc1. The van der Waals surface area contributed by atoms with Crippen LogP contribution in [-0.2, 0) is 21.5 Å². The topological polar surface area (TPSA) is 78.5 Å². The molecule has 0 bridgehead atoms. The zero-order valence-electron chi connectivity index (χ0n) is 15.5. The summed E-state index contributed by atoms with van der Waals surface area (Å²) in [5.41, 5.74) is 1.32. The van der Waals surface area contributed by atoms with Crippen LogP contribution < -0.4 is 10.6 Å². The van der Waals surface area contributed by atoms with Crippen molar-refractivity contribution in [1.82, 2.24) is 10.2 Å². The number of benzene rings is 2. The second kappa shape index (κ2) is 7.61. The highest BCUT2D eigenvalue weighted by Crippen LogP contribution is 2.29. The molecule has 0 radical (unpaired) electrons. The van der Waals surface area contributed by atoms with Crippen molar-refractivity contribution in [3.63, 3.8) is 0 Å². The molecule has 140 valence electrons. The van der Waals surface area contributed by atoms with E-state index in [4.69, 9.17) is 0 Å². The first kappa shape index (κ1) is 18.6. The Morgan fingerprint density at radius 2 is 1.74 bits per heavy atom. The molecule has 6 nitrogen and oxygen atoms in total. The van der Waals surface area contributed by atoms with Crippen LogP contribution in [0.3, 0.4) is 0 Å². The van der Waals surface area contributed by atoms with Crippen LogP contribution in [0.1, 0.15) is 31.4 Å². The summed E-state index contributed by atoms with van der Waals surface area (Å²) >= 11 is 0. The first-order valence-corrected chi connectivity index (χ1v) is 9.02. The second-order valence-corrected chi connectivity index (χ2v) is 6.81. The standard InChI is InChI=1S/C21H23N3O3/c1-3-7-15-10-12-16(13-11-15)21(2)19(26)24(20(27)23-21)14-18(25)22-17-8-5-4-6-9-17/h4-6,8-13H,3,7,14H2,1-2H3,(H,22,25)(H,23,27)/t21-/m0/s1. The maximum Gasteiger partial charge on any atom is 0.325 e. The molecule has 1 atom stereocenters. The van der Waals surface area contributed by atoms with E-state index in [0.29, 0.717) is 11.3 Å². The minimum Gasteiger partial charge on any atom is -0.325 e. The van der Waals surface area contributed by atoms with Crippen LogP contribution in [0.5, 0.6) is 0 Å². The lowest BCUT2D eigenvalue weighted by Gasteiger charge is -2.22. The molecule has 0 saturated carbocycles. The van der Waals surface area contributed by atoms with Gasteiger partial charge in [0.05, 0.1) is 0 Å². The summed E-state index contributed by atoms with van der Waals surface area (Å²) in [5.74, 6) is -0.855. The third-order valence-corrected chi connectivity index (χ3v) is 4.70. The Hall–Kier alpha value is -3.15. The quantitative estimate of drug-likeness (QED) is 0.773. The van der Waals surface area contributed by atoms with Gasteiger partial charge in [-0.25, -0.2) is 4.79 Å². The zero-order valence-corrected chi connectivity index (χ0v) is 15.5. The molecule has 0 aliphatic carbocycles. The molecule has 3 rings (SSSR count). The van der Waals surface area contributed by atoms with Crippen LogP contribution in [0, 0.1) is 0 Å². The van der Waals surface area contributed by atoms with E-state index in [-0.39, 0.29) is 6.54 Å². The Labute approximate surface area is 158 Å². The van der Waals surface area contributed by atoms with Crippen molar-refractivity contribution < 1.29 is 14.4 Å². The number of nitrogens with zero attached hydrogens (tertiary/aromatic N) is 1. The van der Waals surface area contributed by atoms with Gasteiger partial charge in [-0.05, 0) is 36.6 Å². The van der Waals surface area contributed by atoms with Crippen molar-refractivity contribution in [1.29, 1.82) is 0 Å². The molecule has 1 aliphatic heterocycles. The molecule has 0 aromatic heterocycles. The van der Waals surface area contributed by atoms with Gasteiger partial charge >= 0.3 is 6.03 Å². The number of para-hydroxylation sites is 1. The number of anilines is 1. The molecule has 1 fully saturated rings. The van der Waals surface area contributed by atoms with Gasteiger partial charge in [0.25, 0.3) is 5.91 Å². The highest BCUT2D eigenvalue weighted by Gasteiger charge is 2.49. The molecule has 2 N–H and O–H groups in total. The monoisotopic (exact) mass is 365 g/mol. The van der Waals surface area contributed by atoms with Gasteiger partial charge in [0.2, 0.25) is 5.91 Å². The number of nitrogens with one attached hydrogen (secondary N) is 2. The van der Waals surface area contributed by atoms with E-state index in [2.05, 4.69) is 17.6 Å². The summed E-state index contributed by atoms with van der Waals surface area (Å²) in [4.78, 5) is 38.4. The van der Waals surface area contributed by atoms with Gasteiger partial charge in [-0.15, -0.1) is 0 Å². The van der Waals surface area contributed by atoms with Crippen LogP contribution in [0.4, 0.5) is 10.5 Å². The third kappa shape index (κ3) is 3.84. The van der Waals surface area contributed by atoms with Crippen molar-refractivity contribution in [3.05, 3.63) is 65.7 Å². The summed E-state index contributed by atoms with van der Waals surface area (Å²) in [5, 5.41) is 5.41. The minimum atomic E-state index is -1.17. The van der Waals surface area contributed by atoms with E-state index in [1.165, 1.54) is 5.56 Å². The Balaban J connectivity index is 1.72. The Morgan fingerprint density at radius 3 is 2.37 bits per heavy atom. The van der Waals surface area contributed by atoms with E-state index in [1.807, 2.05) is 30.3 Å². The number of urea groups is 1. The summed E-state index contributed by atoms with van der Waals surface area (Å²) in [6.45, 7) is 3.44. The van der Waals surface area contributed by atoms with E-state index in [1.54, 1.807) is 31.2 Å². The third-order valence-electron chi connectivity index (χ3n) is 4.70. The molecular weight excluding hydrogens is 342 g/mol. The molecule has 1 heterocycles. The molecule has 0 spiro atoms. The molecule has 2 aromatic carbocycles. The van der Waals surface area contributed by atoms with Crippen molar-refractivity contribution in [2.45, 2.75) is 32.2 Å². The molecule has 1 aliphatic rings. The van der Waals surface area contributed by atoms with Crippen molar-refractivity contribution in [3.8, 4) is 0 Å². The normalized spacial score (nSPS) is 19.1. The number of hydrogen-bond donors (Lipinski definition) is 2. The molecule has 27 heavy (non-hydrogen) atoms. The van der Waals surface area contributed by atoms with Crippen molar-refractivity contribution in [2.75, 3.05) is 11.9 Å². The molecule has 4 amide bonds. The lowest BCUT2D eigenvalue weighted by atomic mass is 9.91. The number of aryl methyl sites for hydroxylation is 1. The van der Waals surface area contributed by atoms with Gasteiger partial charge in [-0.1, -0.05) is 55.8 Å². The maximum atomic E-state index is 12.9. The summed E-state index contributed by atoms with van der Waals surface area (Å²) < 4.78 is 0. The molecular formula is C21H23N3O3. The van der Waals surface area contributed by atoms with Gasteiger partial charge in [-0.2, -0.15) is 0 Å². The fourth-order valence-electron chi connectivity index (χ4n) is 3.20. The van der Waals surface area contributed by atoms with Crippen LogP contribution >= 0.6 is 0 Å². The largest absolute Gasteiger partial charge is 0.325 e. The summed E-state index contributed by atoms with van der Waals surface area (Å²) in [6.07, 6.45) is 2.00. The van der Waals surface area contributed by atoms with E-state index in [9.17, 15) is 14.4 Å².